The number of carbonyl (C=O) groups is 1. The van der Waals surface area contributed by atoms with Gasteiger partial charge in [-0.15, -0.1) is 0 Å². The van der Waals surface area contributed by atoms with Gasteiger partial charge in [0.1, 0.15) is 40.0 Å². The van der Waals surface area contributed by atoms with Crippen molar-refractivity contribution in [2.24, 2.45) is 5.41 Å². The molecule has 0 N–H and O–H groups in total. The van der Waals surface area contributed by atoms with Crippen LogP contribution in [0.3, 0.4) is 0 Å². The van der Waals surface area contributed by atoms with Gasteiger partial charge in [-0.1, -0.05) is 13.8 Å². The van der Waals surface area contributed by atoms with E-state index in [1.54, 1.807) is 0 Å². The van der Waals surface area contributed by atoms with E-state index in [4.69, 9.17) is 42.6 Å². The van der Waals surface area contributed by atoms with Crippen LogP contribution in [0.5, 0.6) is 28.7 Å². The summed E-state index contributed by atoms with van der Waals surface area (Å²) in [5, 5.41) is 0. The molecule has 0 bridgehead atoms. The summed E-state index contributed by atoms with van der Waals surface area (Å²) < 4.78 is 119. The number of hydrogen-bond acceptors (Lipinski definition) is 10. The lowest BCUT2D eigenvalue weighted by Crippen LogP contribution is -2.51. The molecular weight excluding hydrogens is 663 g/mol. The predicted octanol–water partition coefficient (Wildman–Crippen LogP) is 6.93. The van der Waals surface area contributed by atoms with Gasteiger partial charge in [0.25, 0.3) is 0 Å². The third-order valence-corrected chi connectivity index (χ3v) is 8.21. The van der Waals surface area contributed by atoms with E-state index in [9.17, 15) is 26.7 Å². The lowest BCUT2D eigenvalue weighted by Gasteiger charge is -2.40. The number of halogens is 5. The Morgan fingerprint density at radius 1 is 0.735 bits per heavy atom. The Bertz CT molecular complexity index is 1580. The van der Waals surface area contributed by atoms with Gasteiger partial charge in [0.05, 0.1) is 38.6 Å². The molecule has 49 heavy (non-hydrogen) atoms. The zero-order valence-electron chi connectivity index (χ0n) is 26.7. The number of benzene rings is 3. The summed E-state index contributed by atoms with van der Waals surface area (Å²) in [5.41, 5.74) is -2.32. The molecule has 2 fully saturated rings. The maximum absolute atomic E-state index is 14.7. The molecule has 266 valence electrons. The Kier molecular flexibility index (Phi) is 11.5. The number of alkyl halides is 3. The SMILES string of the molecule is CCC1(COCOc2ccc(C(=O)Oc3ccc(OCOc4ccc(OCOC5(CC)COC5)cc4F)c(C(F)(F)F)c3)c(F)c2)COC1. The third kappa shape index (κ3) is 9.09. The van der Waals surface area contributed by atoms with Gasteiger partial charge in [-0.3, -0.25) is 0 Å². The average Bonchev–Trinajstić information content (AvgIpc) is 3.02. The van der Waals surface area contributed by atoms with E-state index in [0.717, 1.165) is 43.2 Å². The number of carbonyl (C=O) groups excluding carboxylic acids is 1. The van der Waals surface area contributed by atoms with Crippen LogP contribution in [0, 0.1) is 17.0 Å². The second kappa shape index (κ2) is 15.6. The second-order valence-electron chi connectivity index (χ2n) is 11.6. The Hall–Kier alpha value is -4.18. The van der Waals surface area contributed by atoms with Crippen LogP contribution < -0.4 is 23.7 Å². The highest BCUT2D eigenvalue weighted by Gasteiger charge is 2.39. The van der Waals surface area contributed by atoms with Crippen molar-refractivity contribution < 1.29 is 69.4 Å². The van der Waals surface area contributed by atoms with Crippen molar-refractivity contribution in [1.29, 1.82) is 0 Å². The molecule has 3 aromatic rings. The average molecular weight is 699 g/mol. The van der Waals surface area contributed by atoms with Crippen LogP contribution in [-0.4, -0.2) is 65.0 Å². The quantitative estimate of drug-likeness (QED) is 0.0485. The highest BCUT2D eigenvalue weighted by molar-refractivity contribution is 5.91. The van der Waals surface area contributed by atoms with Gasteiger partial charge in [-0.25, -0.2) is 13.6 Å². The lowest BCUT2D eigenvalue weighted by atomic mass is 9.84. The molecule has 0 radical (unpaired) electrons. The number of rotatable bonds is 17. The predicted molar refractivity (Wildman–Crippen MR) is 161 cm³/mol. The molecule has 0 amide bonds. The summed E-state index contributed by atoms with van der Waals surface area (Å²) in [4.78, 5) is 12.6. The molecule has 0 unspecified atom stereocenters. The van der Waals surface area contributed by atoms with Crippen LogP contribution in [-0.2, 0) is 25.1 Å². The molecule has 10 nitrogen and oxygen atoms in total. The largest absolute Gasteiger partial charge is 0.467 e. The zero-order valence-corrected chi connectivity index (χ0v) is 26.7. The van der Waals surface area contributed by atoms with Crippen molar-refractivity contribution in [3.05, 3.63) is 77.4 Å². The molecule has 0 aliphatic carbocycles. The Morgan fingerprint density at radius 2 is 1.37 bits per heavy atom. The van der Waals surface area contributed by atoms with E-state index in [1.165, 1.54) is 18.2 Å². The van der Waals surface area contributed by atoms with Crippen molar-refractivity contribution in [3.8, 4) is 28.7 Å². The molecule has 0 atom stereocenters. The fourth-order valence-corrected chi connectivity index (χ4v) is 4.77. The Balaban J connectivity index is 1.13. The third-order valence-electron chi connectivity index (χ3n) is 8.21. The fourth-order valence-electron chi connectivity index (χ4n) is 4.77. The van der Waals surface area contributed by atoms with E-state index < -0.39 is 58.8 Å². The minimum atomic E-state index is -4.94. The van der Waals surface area contributed by atoms with Crippen LogP contribution in [0.2, 0.25) is 0 Å². The summed E-state index contributed by atoms with van der Waals surface area (Å²) >= 11 is 0. The molecule has 15 heteroatoms. The highest BCUT2D eigenvalue weighted by Crippen LogP contribution is 2.39. The Morgan fingerprint density at radius 3 is 1.96 bits per heavy atom. The monoisotopic (exact) mass is 698 g/mol. The van der Waals surface area contributed by atoms with Crippen molar-refractivity contribution in [2.75, 3.05) is 53.4 Å². The fraction of sp³-hybridized carbons (Fsp3) is 0.441. The first-order valence-electron chi connectivity index (χ1n) is 15.4. The summed E-state index contributed by atoms with van der Waals surface area (Å²) in [6, 6.07) is 9.41. The van der Waals surface area contributed by atoms with Crippen molar-refractivity contribution in [2.45, 2.75) is 38.5 Å². The smallest absolute Gasteiger partial charge is 0.420 e. The molecule has 3 aromatic carbocycles. The minimum absolute atomic E-state index is 0.0602. The van der Waals surface area contributed by atoms with E-state index in [1.807, 2.05) is 13.8 Å². The summed E-state index contributed by atoms with van der Waals surface area (Å²) in [5.74, 6) is -4.38. The number of esters is 1. The summed E-state index contributed by atoms with van der Waals surface area (Å²) in [7, 11) is 0. The first-order valence-corrected chi connectivity index (χ1v) is 15.4. The van der Waals surface area contributed by atoms with Crippen LogP contribution in [0.15, 0.2) is 54.6 Å². The van der Waals surface area contributed by atoms with Crippen LogP contribution in [0.25, 0.3) is 0 Å². The molecule has 2 aliphatic heterocycles. The van der Waals surface area contributed by atoms with Crippen LogP contribution in [0.1, 0.15) is 42.6 Å². The molecule has 2 saturated heterocycles. The van der Waals surface area contributed by atoms with Crippen molar-refractivity contribution >= 4 is 5.97 Å². The summed E-state index contributed by atoms with van der Waals surface area (Å²) in [6.45, 7) is 5.35. The topological polar surface area (TPSA) is 100 Å². The van der Waals surface area contributed by atoms with Gasteiger partial charge in [-0.05, 0) is 55.3 Å². The molecule has 2 aliphatic rings. The second-order valence-corrected chi connectivity index (χ2v) is 11.6. The first-order chi connectivity index (χ1) is 23.4. The van der Waals surface area contributed by atoms with E-state index in [-0.39, 0.29) is 36.2 Å². The first kappa shape index (κ1) is 36.1. The maximum Gasteiger partial charge on any atom is 0.420 e. The maximum atomic E-state index is 14.7. The van der Waals surface area contributed by atoms with E-state index in [0.29, 0.717) is 39.1 Å². The molecule has 0 saturated carbocycles. The molecule has 5 rings (SSSR count). The molecular formula is C34H35F5O10. The number of ether oxygens (including phenoxy) is 9. The molecule has 0 aromatic heterocycles. The Labute approximate surface area is 278 Å². The van der Waals surface area contributed by atoms with Crippen LogP contribution >= 0.6 is 0 Å². The van der Waals surface area contributed by atoms with Gasteiger partial charge in [0.15, 0.2) is 25.2 Å². The van der Waals surface area contributed by atoms with E-state index in [2.05, 4.69) is 0 Å². The van der Waals surface area contributed by atoms with E-state index >= 15 is 0 Å². The standard InChI is InChI=1S/C34H35F5O10/c1-3-32(14-41-15-32)16-43-19-44-22-5-8-25(27(35)12-22)31(40)49-24-7-9-29(26(11-24)34(37,38)39)46-20-47-30-10-6-23(13-28(30)36)45-21-48-33(4-2)17-42-18-33/h5-13H,3-4,14-21H2,1-2H3. The van der Waals surface area contributed by atoms with Gasteiger partial charge in [0, 0.05) is 17.5 Å². The summed E-state index contributed by atoms with van der Waals surface area (Å²) in [6.07, 6.45) is -3.35. The minimum Gasteiger partial charge on any atom is -0.467 e. The van der Waals surface area contributed by atoms with Gasteiger partial charge < -0.3 is 42.6 Å². The lowest BCUT2D eigenvalue weighted by molar-refractivity contribution is -0.233. The molecule has 0 spiro atoms. The molecule has 2 heterocycles. The normalized spacial score (nSPS) is 16.2. The van der Waals surface area contributed by atoms with Crippen molar-refractivity contribution in [1.82, 2.24) is 0 Å². The van der Waals surface area contributed by atoms with Crippen molar-refractivity contribution in [3.63, 3.8) is 0 Å². The highest BCUT2D eigenvalue weighted by atomic mass is 19.4. The van der Waals surface area contributed by atoms with Gasteiger partial charge in [0.2, 0.25) is 6.79 Å². The van der Waals surface area contributed by atoms with Gasteiger partial charge >= 0.3 is 12.1 Å². The zero-order chi connectivity index (χ0) is 35.1. The van der Waals surface area contributed by atoms with Crippen LogP contribution in [0.4, 0.5) is 22.0 Å². The van der Waals surface area contributed by atoms with Gasteiger partial charge in [-0.2, -0.15) is 13.2 Å². The number of hydrogen-bond donors (Lipinski definition) is 0.